The van der Waals surface area contributed by atoms with Crippen LogP contribution in [0.25, 0.3) is 0 Å². The summed E-state index contributed by atoms with van der Waals surface area (Å²) < 4.78 is 0. The molecule has 18 heavy (non-hydrogen) atoms. The van der Waals surface area contributed by atoms with Crippen LogP contribution in [0.2, 0.25) is 0 Å². The summed E-state index contributed by atoms with van der Waals surface area (Å²) in [5.74, 6) is 0.273. The Kier molecular flexibility index (Phi) is 7.23. The summed E-state index contributed by atoms with van der Waals surface area (Å²) in [6.07, 6.45) is 1.01. The van der Waals surface area contributed by atoms with Crippen LogP contribution in [0.1, 0.15) is 13.3 Å². The molecule has 2 N–H and O–H groups in total. The summed E-state index contributed by atoms with van der Waals surface area (Å²) in [7, 11) is 4.10. The Morgan fingerprint density at radius 3 is 2.67 bits per heavy atom. The molecule has 0 aromatic heterocycles. The first-order valence-corrected chi connectivity index (χ1v) is 6.95. The quantitative estimate of drug-likeness (QED) is 0.608. The number of piperazine rings is 1. The maximum atomic E-state index is 11.9. The fourth-order valence-electron chi connectivity index (χ4n) is 2.15. The molecule has 1 unspecified atom stereocenters. The normalized spacial score (nSPS) is 18.9. The van der Waals surface area contributed by atoms with Gasteiger partial charge in [0.2, 0.25) is 5.91 Å². The molecule has 1 aliphatic heterocycles. The zero-order chi connectivity index (χ0) is 13.4. The molecule has 1 amide bonds. The van der Waals surface area contributed by atoms with Gasteiger partial charge in [0.1, 0.15) is 0 Å². The molecule has 1 atom stereocenters. The highest BCUT2D eigenvalue weighted by Crippen LogP contribution is 2.01. The average Bonchev–Trinajstić information content (AvgIpc) is 2.35. The zero-order valence-electron chi connectivity index (χ0n) is 12.0. The molecule has 5 nitrogen and oxygen atoms in total. The Morgan fingerprint density at radius 1 is 1.39 bits per heavy atom. The number of nitrogens with zero attached hydrogens (tertiary/aromatic N) is 2. The second-order valence-electron chi connectivity index (χ2n) is 5.40. The topological polar surface area (TPSA) is 47.6 Å². The molecule has 0 aromatic rings. The number of nitrogens with one attached hydrogen (secondary N) is 2. The second-order valence-corrected chi connectivity index (χ2v) is 5.40. The maximum absolute atomic E-state index is 11.9. The van der Waals surface area contributed by atoms with E-state index < -0.39 is 0 Å². The summed E-state index contributed by atoms with van der Waals surface area (Å²) >= 11 is 0. The molecule has 5 heteroatoms. The summed E-state index contributed by atoms with van der Waals surface area (Å²) in [5, 5.41) is 6.34. The first-order chi connectivity index (χ1) is 8.59. The highest BCUT2D eigenvalue weighted by atomic mass is 16.1. The van der Waals surface area contributed by atoms with E-state index in [1.54, 1.807) is 0 Å². The molecule has 106 valence electrons. The summed E-state index contributed by atoms with van der Waals surface area (Å²) in [4.78, 5) is 16.4. The molecule has 0 radical (unpaired) electrons. The maximum Gasteiger partial charge on any atom is 0.224 e. The Bertz CT molecular complexity index is 239. The SMILES string of the molecule is CC(CN1CCNCC1)C(=O)NCCCN(C)C. The number of hydrogen-bond donors (Lipinski definition) is 2. The van der Waals surface area contributed by atoms with E-state index in [9.17, 15) is 4.79 Å². The van der Waals surface area contributed by atoms with Gasteiger partial charge in [0, 0.05) is 45.2 Å². The Hall–Kier alpha value is -0.650. The van der Waals surface area contributed by atoms with Crippen molar-refractivity contribution < 1.29 is 4.79 Å². The minimum absolute atomic E-state index is 0.0856. The van der Waals surface area contributed by atoms with Crippen molar-refractivity contribution in [1.82, 2.24) is 20.4 Å². The lowest BCUT2D eigenvalue weighted by molar-refractivity contribution is -0.125. The van der Waals surface area contributed by atoms with Crippen molar-refractivity contribution in [2.24, 2.45) is 5.92 Å². The third kappa shape index (κ3) is 6.33. The average molecular weight is 256 g/mol. The predicted molar refractivity (Wildman–Crippen MR) is 74.7 cm³/mol. The number of rotatable bonds is 7. The monoisotopic (exact) mass is 256 g/mol. The number of hydrogen-bond acceptors (Lipinski definition) is 4. The van der Waals surface area contributed by atoms with Crippen LogP contribution in [0.4, 0.5) is 0 Å². The first kappa shape index (κ1) is 15.4. The van der Waals surface area contributed by atoms with Crippen LogP contribution in [0, 0.1) is 5.92 Å². The largest absolute Gasteiger partial charge is 0.356 e. The van der Waals surface area contributed by atoms with Gasteiger partial charge in [0.05, 0.1) is 0 Å². The lowest BCUT2D eigenvalue weighted by Gasteiger charge is -2.29. The zero-order valence-corrected chi connectivity index (χ0v) is 12.0. The van der Waals surface area contributed by atoms with Crippen LogP contribution in [-0.4, -0.2) is 75.6 Å². The first-order valence-electron chi connectivity index (χ1n) is 6.95. The van der Waals surface area contributed by atoms with E-state index >= 15 is 0 Å². The summed E-state index contributed by atoms with van der Waals surface area (Å²) in [6.45, 7) is 8.88. The minimum atomic E-state index is 0.0856. The van der Waals surface area contributed by atoms with Crippen molar-refractivity contribution in [2.45, 2.75) is 13.3 Å². The predicted octanol–water partition coefficient (Wildman–Crippen LogP) is -0.404. The van der Waals surface area contributed by atoms with Crippen LogP contribution in [0.15, 0.2) is 0 Å². The minimum Gasteiger partial charge on any atom is -0.356 e. The van der Waals surface area contributed by atoms with Gasteiger partial charge in [-0.3, -0.25) is 4.79 Å². The standard InChI is InChI=1S/C13H28N4O/c1-12(11-17-9-6-14-7-10-17)13(18)15-5-4-8-16(2)3/h12,14H,4-11H2,1-3H3,(H,15,18). The highest BCUT2D eigenvalue weighted by molar-refractivity contribution is 5.78. The van der Waals surface area contributed by atoms with Gasteiger partial charge in [-0.2, -0.15) is 0 Å². The fourth-order valence-corrected chi connectivity index (χ4v) is 2.15. The molecule has 1 saturated heterocycles. The Labute approximate surface area is 111 Å². The van der Waals surface area contributed by atoms with Gasteiger partial charge in [0.25, 0.3) is 0 Å². The van der Waals surface area contributed by atoms with Crippen LogP contribution in [-0.2, 0) is 4.79 Å². The molecule has 0 aromatic carbocycles. The van der Waals surface area contributed by atoms with Crippen LogP contribution < -0.4 is 10.6 Å². The van der Waals surface area contributed by atoms with Crippen molar-refractivity contribution >= 4 is 5.91 Å². The van der Waals surface area contributed by atoms with E-state index in [4.69, 9.17) is 0 Å². The van der Waals surface area contributed by atoms with Gasteiger partial charge >= 0.3 is 0 Å². The molecule has 0 aliphatic carbocycles. The number of carbonyl (C=O) groups excluding carboxylic acids is 1. The summed E-state index contributed by atoms with van der Waals surface area (Å²) in [6, 6.07) is 0. The van der Waals surface area contributed by atoms with E-state index in [0.29, 0.717) is 0 Å². The Balaban J connectivity index is 2.11. The number of carbonyl (C=O) groups is 1. The van der Waals surface area contributed by atoms with E-state index in [1.807, 2.05) is 6.92 Å². The second kappa shape index (κ2) is 8.45. The van der Waals surface area contributed by atoms with E-state index in [-0.39, 0.29) is 11.8 Å². The molecule has 1 heterocycles. The molecule has 0 bridgehead atoms. The van der Waals surface area contributed by atoms with Crippen molar-refractivity contribution in [2.75, 3.05) is 59.9 Å². The van der Waals surface area contributed by atoms with Gasteiger partial charge in [0.15, 0.2) is 0 Å². The Morgan fingerprint density at radius 2 is 2.06 bits per heavy atom. The van der Waals surface area contributed by atoms with Gasteiger partial charge < -0.3 is 20.4 Å². The molecule has 0 spiro atoms. The van der Waals surface area contributed by atoms with Gasteiger partial charge in [-0.05, 0) is 27.1 Å². The smallest absolute Gasteiger partial charge is 0.224 e. The van der Waals surface area contributed by atoms with E-state index in [1.165, 1.54) is 0 Å². The molecule has 1 rings (SSSR count). The molecular weight excluding hydrogens is 228 g/mol. The molecule has 0 saturated carbocycles. The van der Waals surface area contributed by atoms with Crippen molar-refractivity contribution in [3.8, 4) is 0 Å². The van der Waals surface area contributed by atoms with Crippen molar-refractivity contribution in [3.05, 3.63) is 0 Å². The van der Waals surface area contributed by atoms with Gasteiger partial charge in [-0.1, -0.05) is 6.92 Å². The van der Waals surface area contributed by atoms with E-state index in [0.717, 1.165) is 52.2 Å². The third-order valence-corrected chi connectivity index (χ3v) is 3.27. The third-order valence-electron chi connectivity index (χ3n) is 3.27. The van der Waals surface area contributed by atoms with Crippen LogP contribution >= 0.6 is 0 Å². The van der Waals surface area contributed by atoms with Gasteiger partial charge in [-0.25, -0.2) is 0 Å². The van der Waals surface area contributed by atoms with Crippen molar-refractivity contribution in [3.63, 3.8) is 0 Å². The van der Waals surface area contributed by atoms with Gasteiger partial charge in [-0.15, -0.1) is 0 Å². The molecule has 1 fully saturated rings. The lowest BCUT2D eigenvalue weighted by atomic mass is 10.1. The fraction of sp³-hybridized carbons (Fsp3) is 0.923. The molecular formula is C13H28N4O. The summed E-state index contributed by atoms with van der Waals surface area (Å²) in [5.41, 5.74) is 0. The highest BCUT2D eigenvalue weighted by Gasteiger charge is 2.17. The van der Waals surface area contributed by atoms with E-state index in [2.05, 4.69) is 34.5 Å². The number of amides is 1. The van der Waals surface area contributed by atoms with Crippen molar-refractivity contribution in [1.29, 1.82) is 0 Å². The lowest BCUT2D eigenvalue weighted by Crippen LogP contribution is -2.47. The van der Waals surface area contributed by atoms with Crippen LogP contribution in [0.3, 0.4) is 0 Å². The van der Waals surface area contributed by atoms with Crippen LogP contribution in [0.5, 0.6) is 0 Å². The molecule has 1 aliphatic rings.